The molecule has 1 aliphatic carbocycles. The summed E-state index contributed by atoms with van der Waals surface area (Å²) in [7, 11) is 0. The lowest BCUT2D eigenvalue weighted by atomic mass is 10.3. The van der Waals surface area contributed by atoms with Gasteiger partial charge in [0.05, 0.1) is 17.9 Å². The van der Waals surface area contributed by atoms with Gasteiger partial charge >= 0.3 is 12.1 Å². The normalized spacial score (nSPS) is 18.9. The summed E-state index contributed by atoms with van der Waals surface area (Å²) < 4.78 is 33.9. The molecule has 2 heterocycles. The van der Waals surface area contributed by atoms with Crippen molar-refractivity contribution in [3.63, 3.8) is 0 Å². The molecule has 0 radical (unpaired) electrons. The van der Waals surface area contributed by atoms with Crippen LogP contribution in [0.1, 0.15) is 18.9 Å². The molecule has 1 saturated heterocycles. The minimum Gasteiger partial charge on any atom is -0.475 e. The van der Waals surface area contributed by atoms with Crippen molar-refractivity contribution in [1.29, 1.82) is 0 Å². The van der Waals surface area contributed by atoms with E-state index in [4.69, 9.17) is 9.90 Å². The van der Waals surface area contributed by atoms with Gasteiger partial charge in [0.15, 0.2) is 0 Å². The minimum atomic E-state index is -5.08. The van der Waals surface area contributed by atoms with Gasteiger partial charge in [0, 0.05) is 32.4 Å². The van der Waals surface area contributed by atoms with Crippen molar-refractivity contribution < 1.29 is 23.1 Å². The molecule has 2 aliphatic rings. The van der Waals surface area contributed by atoms with E-state index >= 15 is 0 Å². The van der Waals surface area contributed by atoms with E-state index in [0.717, 1.165) is 26.2 Å². The van der Waals surface area contributed by atoms with Crippen LogP contribution in [0.3, 0.4) is 0 Å². The number of aromatic nitrogens is 2. The molecule has 9 heteroatoms. The quantitative estimate of drug-likeness (QED) is 0.861. The lowest BCUT2D eigenvalue weighted by Crippen LogP contribution is -2.43. The van der Waals surface area contributed by atoms with Crippen molar-refractivity contribution in [1.82, 2.24) is 15.1 Å². The van der Waals surface area contributed by atoms with E-state index in [1.165, 1.54) is 18.5 Å². The van der Waals surface area contributed by atoms with E-state index < -0.39 is 12.1 Å². The number of nitrogens with zero attached hydrogens (tertiary/aromatic N) is 3. The molecule has 0 atom stereocenters. The Balaban J connectivity index is 0.000000199. The molecule has 2 fully saturated rings. The first-order chi connectivity index (χ1) is 9.88. The first-order valence-corrected chi connectivity index (χ1v) is 6.68. The van der Waals surface area contributed by atoms with E-state index in [-0.39, 0.29) is 0 Å². The number of carboxylic acids is 1. The Hall–Kier alpha value is -1.77. The van der Waals surface area contributed by atoms with Gasteiger partial charge in [0.2, 0.25) is 0 Å². The van der Waals surface area contributed by atoms with Gasteiger partial charge in [-0.3, -0.25) is 4.68 Å². The minimum absolute atomic E-state index is 0.701. The Labute approximate surface area is 119 Å². The highest BCUT2D eigenvalue weighted by Crippen LogP contribution is 2.34. The van der Waals surface area contributed by atoms with Crippen molar-refractivity contribution in [3.8, 4) is 0 Å². The Kier molecular flexibility index (Phi) is 4.71. The van der Waals surface area contributed by atoms with E-state index in [1.54, 1.807) is 0 Å². The number of hydrogen-bond donors (Lipinski definition) is 2. The number of halogens is 3. The summed E-state index contributed by atoms with van der Waals surface area (Å²) >= 11 is 0. The van der Waals surface area contributed by atoms with Crippen LogP contribution in [-0.2, 0) is 4.79 Å². The molecule has 2 N–H and O–H groups in total. The number of carboxylic acid groups (broad SMARTS) is 1. The number of rotatable bonds is 2. The van der Waals surface area contributed by atoms with Crippen molar-refractivity contribution >= 4 is 11.7 Å². The Morgan fingerprint density at radius 1 is 1.33 bits per heavy atom. The molecule has 0 aromatic carbocycles. The maximum Gasteiger partial charge on any atom is 0.490 e. The largest absolute Gasteiger partial charge is 0.490 e. The number of piperazine rings is 1. The molecule has 1 aromatic heterocycles. The summed E-state index contributed by atoms with van der Waals surface area (Å²) in [6.07, 6.45) is 1.73. The third kappa shape index (κ3) is 4.62. The van der Waals surface area contributed by atoms with Gasteiger partial charge in [-0.15, -0.1) is 0 Å². The zero-order valence-electron chi connectivity index (χ0n) is 11.3. The van der Waals surface area contributed by atoms with Crippen molar-refractivity contribution in [2.24, 2.45) is 0 Å². The zero-order chi connectivity index (χ0) is 15.5. The Morgan fingerprint density at radius 3 is 2.38 bits per heavy atom. The molecule has 1 aromatic rings. The predicted molar refractivity (Wildman–Crippen MR) is 69.3 cm³/mol. The molecule has 1 aliphatic heterocycles. The highest BCUT2D eigenvalue weighted by molar-refractivity contribution is 5.73. The number of alkyl halides is 3. The van der Waals surface area contributed by atoms with E-state index in [2.05, 4.69) is 26.2 Å². The number of anilines is 1. The fourth-order valence-electron chi connectivity index (χ4n) is 1.95. The summed E-state index contributed by atoms with van der Waals surface area (Å²) in [5, 5.41) is 14.9. The lowest BCUT2D eigenvalue weighted by Gasteiger charge is -2.27. The monoisotopic (exact) mass is 306 g/mol. The smallest absolute Gasteiger partial charge is 0.475 e. The number of carbonyl (C=O) groups is 1. The molecule has 0 unspecified atom stereocenters. The molecule has 0 amide bonds. The van der Waals surface area contributed by atoms with Crippen LogP contribution in [0.25, 0.3) is 0 Å². The van der Waals surface area contributed by atoms with Crippen molar-refractivity contribution in [2.45, 2.75) is 25.1 Å². The van der Waals surface area contributed by atoms with Crippen molar-refractivity contribution in [3.05, 3.63) is 12.4 Å². The van der Waals surface area contributed by atoms with Gasteiger partial charge in [-0.2, -0.15) is 18.3 Å². The maximum absolute atomic E-state index is 10.6. The Morgan fingerprint density at radius 2 is 1.90 bits per heavy atom. The van der Waals surface area contributed by atoms with Gasteiger partial charge in [-0.25, -0.2) is 4.79 Å². The van der Waals surface area contributed by atoms with E-state index in [0.29, 0.717) is 6.04 Å². The standard InChI is InChI=1S/C10H16N4.C2HF3O2/c1-2-9(1)14-8-10(7-12-14)13-5-3-11-4-6-13;3-2(4,5)1(6)7/h7-9,11H,1-6H2;(H,6,7). The van der Waals surface area contributed by atoms with Gasteiger partial charge in [0.1, 0.15) is 0 Å². The predicted octanol–water partition coefficient (Wildman–Crippen LogP) is 1.26. The summed E-state index contributed by atoms with van der Waals surface area (Å²) in [6.45, 7) is 4.40. The van der Waals surface area contributed by atoms with Crippen LogP contribution in [0.2, 0.25) is 0 Å². The Bertz CT molecular complexity index is 479. The lowest BCUT2D eigenvalue weighted by molar-refractivity contribution is -0.192. The summed E-state index contributed by atoms with van der Waals surface area (Å²) in [5.74, 6) is -2.76. The second-order valence-electron chi connectivity index (χ2n) is 4.95. The molecular formula is C12H17F3N4O2. The van der Waals surface area contributed by atoms with Crippen LogP contribution in [0.5, 0.6) is 0 Å². The van der Waals surface area contributed by atoms with Gasteiger partial charge in [-0.1, -0.05) is 0 Å². The fourth-order valence-corrected chi connectivity index (χ4v) is 1.95. The summed E-state index contributed by atoms with van der Waals surface area (Å²) in [5.41, 5.74) is 1.29. The van der Waals surface area contributed by atoms with Crippen LogP contribution < -0.4 is 10.2 Å². The molecular weight excluding hydrogens is 289 g/mol. The first kappa shape index (κ1) is 15.6. The molecule has 0 spiro atoms. The van der Waals surface area contributed by atoms with Crippen molar-refractivity contribution in [2.75, 3.05) is 31.1 Å². The van der Waals surface area contributed by atoms with Gasteiger partial charge in [-0.05, 0) is 12.8 Å². The molecule has 6 nitrogen and oxygen atoms in total. The SMILES string of the molecule is O=C(O)C(F)(F)F.c1nn(C2CC2)cc1N1CCNCC1. The second kappa shape index (κ2) is 6.33. The first-order valence-electron chi connectivity index (χ1n) is 6.68. The third-order valence-corrected chi connectivity index (χ3v) is 3.23. The average Bonchev–Trinajstić information content (AvgIpc) is 3.17. The fraction of sp³-hybridized carbons (Fsp3) is 0.667. The van der Waals surface area contributed by atoms with E-state index in [1.807, 2.05) is 6.20 Å². The molecule has 3 rings (SSSR count). The molecule has 0 bridgehead atoms. The molecule has 1 saturated carbocycles. The van der Waals surface area contributed by atoms with Gasteiger partial charge in [0.25, 0.3) is 0 Å². The highest BCUT2D eigenvalue weighted by Gasteiger charge is 2.38. The molecule has 21 heavy (non-hydrogen) atoms. The summed E-state index contributed by atoms with van der Waals surface area (Å²) in [6, 6.07) is 0.701. The second-order valence-corrected chi connectivity index (χ2v) is 4.95. The zero-order valence-corrected chi connectivity index (χ0v) is 11.3. The van der Waals surface area contributed by atoms with Crippen LogP contribution >= 0.6 is 0 Å². The number of nitrogens with one attached hydrogen (secondary N) is 1. The average molecular weight is 306 g/mol. The number of aliphatic carboxylic acids is 1. The highest BCUT2D eigenvalue weighted by atomic mass is 19.4. The van der Waals surface area contributed by atoms with Crippen LogP contribution in [0, 0.1) is 0 Å². The van der Waals surface area contributed by atoms with Crippen LogP contribution in [-0.4, -0.2) is 53.2 Å². The van der Waals surface area contributed by atoms with E-state index in [9.17, 15) is 13.2 Å². The number of hydrogen-bond acceptors (Lipinski definition) is 4. The van der Waals surface area contributed by atoms with Crippen LogP contribution in [0.4, 0.5) is 18.9 Å². The maximum atomic E-state index is 10.6. The van der Waals surface area contributed by atoms with Gasteiger partial charge < -0.3 is 15.3 Å². The van der Waals surface area contributed by atoms with Crippen LogP contribution in [0.15, 0.2) is 12.4 Å². The summed E-state index contributed by atoms with van der Waals surface area (Å²) in [4.78, 5) is 11.3. The molecule has 118 valence electrons. The topological polar surface area (TPSA) is 70.4 Å². The third-order valence-electron chi connectivity index (χ3n) is 3.23.